The van der Waals surface area contributed by atoms with Crippen LogP contribution in [0.2, 0.25) is 0 Å². The fourth-order valence-electron chi connectivity index (χ4n) is 4.98. The molecule has 2 rings (SSSR count). The quantitative estimate of drug-likeness (QED) is 0.0842. The van der Waals surface area contributed by atoms with Crippen LogP contribution >= 0.6 is 0 Å². The summed E-state index contributed by atoms with van der Waals surface area (Å²) >= 11 is 0. The second-order valence-electron chi connectivity index (χ2n) is 13.4. The van der Waals surface area contributed by atoms with Crippen LogP contribution in [0.5, 0.6) is 0 Å². The molecular weight excluding hydrogens is 654 g/mol. The van der Waals surface area contributed by atoms with E-state index < -0.39 is 66.5 Å². The summed E-state index contributed by atoms with van der Waals surface area (Å²) in [7, 11) is 0. The first-order valence-electron chi connectivity index (χ1n) is 17.7. The minimum Gasteiger partial charge on any atom is -0.458 e. The van der Waals surface area contributed by atoms with Gasteiger partial charge in [-0.3, -0.25) is 24.0 Å². The molecule has 13 nitrogen and oxygen atoms in total. The number of carbonyl (C=O) groups excluding carboxylic acids is 6. The summed E-state index contributed by atoms with van der Waals surface area (Å²) in [6.07, 6.45) is 4.29. The number of aliphatic hydroxyl groups excluding tert-OH is 1. The Balaban J connectivity index is 2.01. The number of rotatable bonds is 21. The number of carbonyl (C=O) groups is 6. The molecule has 0 radical (unpaired) electrons. The van der Waals surface area contributed by atoms with Crippen molar-refractivity contribution in [2.75, 3.05) is 19.6 Å². The lowest BCUT2D eigenvalue weighted by atomic mass is 10.00. The van der Waals surface area contributed by atoms with Crippen molar-refractivity contribution in [1.82, 2.24) is 26.6 Å². The third-order valence-corrected chi connectivity index (χ3v) is 7.63. The van der Waals surface area contributed by atoms with E-state index in [9.17, 15) is 33.9 Å². The molecule has 0 aromatic heterocycles. The number of amides is 5. The normalized spacial score (nSPS) is 12.8. The zero-order chi connectivity index (χ0) is 37.8. The van der Waals surface area contributed by atoms with Gasteiger partial charge in [0.1, 0.15) is 17.7 Å². The summed E-state index contributed by atoms with van der Waals surface area (Å²) in [6.45, 7) is 7.81. The zero-order valence-corrected chi connectivity index (χ0v) is 30.5. The van der Waals surface area contributed by atoms with Crippen LogP contribution in [0, 0.1) is 0 Å². The van der Waals surface area contributed by atoms with Crippen molar-refractivity contribution in [2.24, 2.45) is 0 Å². The van der Waals surface area contributed by atoms with Gasteiger partial charge in [0.05, 0.1) is 19.6 Å². The van der Waals surface area contributed by atoms with Gasteiger partial charge >= 0.3 is 5.97 Å². The highest BCUT2D eigenvalue weighted by Crippen LogP contribution is 2.18. The van der Waals surface area contributed by atoms with Crippen LogP contribution in [0.15, 0.2) is 54.6 Å². The number of aryl methyl sites for hydroxylation is 1. The average Bonchev–Trinajstić information content (AvgIpc) is 3.09. The van der Waals surface area contributed by atoms with Crippen molar-refractivity contribution in [3.8, 4) is 0 Å². The second-order valence-corrected chi connectivity index (χ2v) is 13.4. The molecule has 0 saturated heterocycles. The van der Waals surface area contributed by atoms with E-state index in [0.717, 1.165) is 43.2 Å². The van der Waals surface area contributed by atoms with Gasteiger partial charge in [-0.1, -0.05) is 87.7 Å². The fraction of sp³-hybridized carbons (Fsp3) is 0.526. The molecule has 280 valence electrons. The van der Waals surface area contributed by atoms with Crippen molar-refractivity contribution in [3.63, 3.8) is 0 Å². The first-order valence-corrected chi connectivity index (χ1v) is 17.7. The first kappa shape index (κ1) is 42.4. The van der Waals surface area contributed by atoms with Gasteiger partial charge in [-0.2, -0.15) is 0 Å². The molecule has 2 aromatic rings. The molecule has 6 N–H and O–H groups in total. The van der Waals surface area contributed by atoms with Crippen LogP contribution in [-0.2, 0) is 46.3 Å². The zero-order valence-electron chi connectivity index (χ0n) is 30.5. The van der Waals surface area contributed by atoms with Crippen molar-refractivity contribution in [3.05, 3.63) is 71.3 Å². The molecule has 0 aliphatic rings. The minimum atomic E-state index is -1.73. The van der Waals surface area contributed by atoms with Crippen molar-refractivity contribution >= 4 is 35.5 Å². The van der Waals surface area contributed by atoms with Gasteiger partial charge in [0.15, 0.2) is 6.04 Å². The highest BCUT2D eigenvalue weighted by atomic mass is 16.6. The molecule has 3 atom stereocenters. The molecular formula is C38H55N5O8. The van der Waals surface area contributed by atoms with E-state index in [2.05, 4.69) is 33.5 Å². The lowest BCUT2D eigenvalue weighted by Gasteiger charge is -2.25. The van der Waals surface area contributed by atoms with E-state index in [1.54, 1.807) is 51.1 Å². The second kappa shape index (κ2) is 22.1. The van der Waals surface area contributed by atoms with Gasteiger partial charge < -0.3 is 36.4 Å². The van der Waals surface area contributed by atoms with Crippen LogP contribution < -0.4 is 26.6 Å². The van der Waals surface area contributed by atoms with Crippen LogP contribution in [0.4, 0.5) is 0 Å². The van der Waals surface area contributed by atoms with E-state index in [1.165, 1.54) is 0 Å². The van der Waals surface area contributed by atoms with Crippen LogP contribution in [0.1, 0.15) is 95.9 Å². The summed E-state index contributed by atoms with van der Waals surface area (Å²) in [5.74, 6) is -3.81. The SMILES string of the molecule is CCCCCc1cccc(C[C@H](NC(=O)CNC(=O)CCCC)C(=O)NCC(O)C(=O)NCC(=O)NC(C(=O)OC(C)(C)C)c2ccccc2)c1. The Hall–Kier alpha value is -4.78. The highest BCUT2D eigenvalue weighted by molar-refractivity contribution is 5.92. The van der Waals surface area contributed by atoms with E-state index >= 15 is 0 Å². The maximum absolute atomic E-state index is 13.3. The fourth-order valence-corrected chi connectivity index (χ4v) is 4.98. The summed E-state index contributed by atoms with van der Waals surface area (Å²) in [6, 6.07) is 14.0. The van der Waals surface area contributed by atoms with Gasteiger partial charge in [-0.05, 0) is 56.7 Å². The number of nitrogens with one attached hydrogen (secondary N) is 5. The number of hydrogen-bond acceptors (Lipinski definition) is 8. The third-order valence-electron chi connectivity index (χ3n) is 7.63. The van der Waals surface area contributed by atoms with Crippen molar-refractivity contribution < 1.29 is 38.6 Å². The topological polar surface area (TPSA) is 192 Å². The summed E-state index contributed by atoms with van der Waals surface area (Å²) < 4.78 is 5.45. The van der Waals surface area contributed by atoms with E-state index in [1.807, 2.05) is 31.2 Å². The number of hydrogen-bond donors (Lipinski definition) is 6. The number of unbranched alkanes of at least 4 members (excludes halogenated alkanes) is 3. The lowest BCUT2D eigenvalue weighted by molar-refractivity contribution is -0.158. The van der Waals surface area contributed by atoms with Crippen LogP contribution in [-0.4, -0.2) is 78.0 Å². The van der Waals surface area contributed by atoms with Crippen molar-refractivity contribution in [1.29, 1.82) is 0 Å². The Labute approximate surface area is 301 Å². The molecule has 5 amide bonds. The van der Waals surface area contributed by atoms with Gasteiger partial charge in [0, 0.05) is 12.8 Å². The van der Waals surface area contributed by atoms with E-state index in [0.29, 0.717) is 12.0 Å². The van der Waals surface area contributed by atoms with E-state index in [4.69, 9.17) is 4.74 Å². The monoisotopic (exact) mass is 709 g/mol. The van der Waals surface area contributed by atoms with E-state index in [-0.39, 0.29) is 25.3 Å². The Bertz CT molecular complexity index is 1440. The first-order chi connectivity index (χ1) is 24.2. The Morgan fingerprint density at radius 3 is 2.04 bits per heavy atom. The summed E-state index contributed by atoms with van der Waals surface area (Å²) in [4.78, 5) is 76.3. The molecule has 0 aliphatic heterocycles. The van der Waals surface area contributed by atoms with Crippen LogP contribution in [0.25, 0.3) is 0 Å². The maximum Gasteiger partial charge on any atom is 0.333 e. The predicted octanol–water partition coefficient (Wildman–Crippen LogP) is 2.55. The Kier molecular flexibility index (Phi) is 18.4. The molecule has 0 spiro atoms. The molecule has 0 heterocycles. The summed E-state index contributed by atoms with van der Waals surface area (Å²) in [5, 5.41) is 23.1. The predicted molar refractivity (Wildman–Crippen MR) is 193 cm³/mol. The van der Waals surface area contributed by atoms with Gasteiger partial charge in [0.25, 0.3) is 5.91 Å². The molecule has 0 bridgehead atoms. The lowest BCUT2D eigenvalue weighted by Crippen LogP contribution is -2.53. The molecule has 2 aromatic carbocycles. The molecule has 13 heteroatoms. The van der Waals surface area contributed by atoms with Gasteiger partial charge in [-0.15, -0.1) is 0 Å². The van der Waals surface area contributed by atoms with Gasteiger partial charge in [0.2, 0.25) is 23.6 Å². The highest BCUT2D eigenvalue weighted by Gasteiger charge is 2.29. The molecule has 0 fully saturated rings. The third kappa shape index (κ3) is 17.1. The largest absolute Gasteiger partial charge is 0.458 e. The minimum absolute atomic E-state index is 0.131. The number of esters is 1. The molecule has 2 unspecified atom stereocenters. The standard InChI is InChI=1S/C38H55N5O8/c1-6-8-11-15-26-16-14-17-27(21-26)22-29(42-32(46)24-39-31(45)20-9-7-2)35(48)40-23-30(44)36(49)41-25-33(47)43-34(28-18-12-10-13-19-28)37(50)51-38(3,4)5/h10,12-14,16-19,21,29-30,34,44H,6-9,11,15,20,22-25H2,1-5H3,(H,39,45)(H,40,48)(H,41,49)(H,42,46)(H,43,47)/t29-,30?,34?/m0/s1. The van der Waals surface area contributed by atoms with Crippen molar-refractivity contribution in [2.45, 2.75) is 110 Å². The van der Waals surface area contributed by atoms with Crippen LogP contribution in [0.3, 0.4) is 0 Å². The van der Waals surface area contributed by atoms with Gasteiger partial charge in [-0.25, -0.2) is 4.79 Å². The maximum atomic E-state index is 13.3. The summed E-state index contributed by atoms with van der Waals surface area (Å²) in [5.41, 5.74) is 1.59. The molecule has 0 aliphatic carbocycles. The molecule has 0 saturated carbocycles. The number of benzene rings is 2. The average molecular weight is 710 g/mol. The Morgan fingerprint density at radius 2 is 1.37 bits per heavy atom. The smallest absolute Gasteiger partial charge is 0.333 e. The Morgan fingerprint density at radius 1 is 0.725 bits per heavy atom. The number of aliphatic hydroxyl groups is 1. The number of ether oxygens (including phenoxy) is 1. The molecule has 51 heavy (non-hydrogen) atoms.